The van der Waals surface area contributed by atoms with Gasteiger partial charge in [-0.05, 0) is 38.2 Å². The summed E-state index contributed by atoms with van der Waals surface area (Å²) in [5, 5.41) is 14.3. The van der Waals surface area contributed by atoms with E-state index in [2.05, 4.69) is 5.32 Å². The molecule has 1 aromatic carbocycles. The van der Waals surface area contributed by atoms with Crippen LogP contribution in [0.1, 0.15) is 31.1 Å². The Kier molecular flexibility index (Phi) is 4.90. The molecule has 0 aromatic heterocycles. The van der Waals surface area contributed by atoms with Gasteiger partial charge in [0.15, 0.2) is 5.11 Å². The molecule has 116 valence electrons. The zero-order valence-corrected chi connectivity index (χ0v) is 13.7. The Morgan fingerprint density at radius 2 is 1.95 bits per heavy atom. The van der Waals surface area contributed by atoms with Gasteiger partial charge in [-0.25, -0.2) is 0 Å². The van der Waals surface area contributed by atoms with Crippen LogP contribution in [-0.4, -0.2) is 41.9 Å². The summed E-state index contributed by atoms with van der Waals surface area (Å²) in [6, 6.07) is 3.93. The zero-order chi connectivity index (χ0) is 15.6. The first kappa shape index (κ1) is 15.9. The fraction of sp³-hybridized carbons (Fsp3) is 0.533. The van der Waals surface area contributed by atoms with Crippen LogP contribution >= 0.6 is 12.2 Å². The topological polar surface area (TPSA) is 54.0 Å². The van der Waals surface area contributed by atoms with Gasteiger partial charge in [-0.3, -0.25) is 0 Å². The van der Waals surface area contributed by atoms with Crippen LogP contribution in [0.4, 0.5) is 0 Å². The number of fused-ring (bicyclic) bond motifs is 1. The molecule has 1 aromatic rings. The van der Waals surface area contributed by atoms with E-state index in [0.29, 0.717) is 24.0 Å². The molecule has 5 nitrogen and oxygen atoms in total. The number of thiocarbonyl (C=S) groups is 1. The Bertz CT molecular complexity index is 534. The number of ether oxygens (including phenoxy) is 2. The monoisotopic (exact) mass is 310 g/mol. The van der Waals surface area contributed by atoms with Crippen molar-refractivity contribution in [2.24, 2.45) is 0 Å². The highest BCUT2D eigenvalue weighted by atomic mass is 32.1. The average molecular weight is 310 g/mol. The first-order chi connectivity index (χ1) is 9.97. The minimum absolute atomic E-state index is 0.253. The van der Waals surface area contributed by atoms with Crippen LogP contribution in [0, 0.1) is 0 Å². The number of aliphatic hydroxyl groups is 1. The molecule has 2 rings (SSSR count). The minimum Gasteiger partial charge on any atom is -0.496 e. The van der Waals surface area contributed by atoms with Crippen molar-refractivity contribution < 1.29 is 14.6 Å². The smallest absolute Gasteiger partial charge is 0.169 e. The van der Waals surface area contributed by atoms with Gasteiger partial charge in [0.25, 0.3) is 0 Å². The molecule has 0 amide bonds. The van der Waals surface area contributed by atoms with Crippen molar-refractivity contribution in [1.29, 1.82) is 0 Å². The molecule has 1 heterocycles. The van der Waals surface area contributed by atoms with Gasteiger partial charge in [0, 0.05) is 23.7 Å². The van der Waals surface area contributed by atoms with Gasteiger partial charge in [0.2, 0.25) is 0 Å². The highest BCUT2D eigenvalue weighted by molar-refractivity contribution is 7.80. The van der Waals surface area contributed by atoms with Gasteiger partial charge in [0.05, 0.1) is 20.8 Å². The van der Waals surface area contributed by atoms with E-state index in [1.165, 1.54) is 0 Å². The van der Waals surface area contributed by atoms with Crippen molar-refractivity contribution >= 4 is 17.3 Å². The van der Waals surface area contributed by atoms with Crippen LogP contribution in [0.3, 0.4) is 0 Å². The lowest BCUT2D eigenvalue weighted by Crippen LogP contribution is -2.46. The molecular formula is C15H22N2O3S. The van der Waals surface area contributed by atoms with Crippen LogP contribution in [0.25, 0.3) is 0 Å². The van der Waals surface area contributed by atoms with Crippen molar-refractivity contribution in [2.75, 3.05) is 20.8 Å². The molecule has 0 aliphatic carbocycles. The second-order valence-electron chi connectivity index (χ2n) is 5.36. The predicted molar refractivity (Wildman–Crippen MR) is 85.8 cm³/mol. The largest absolute Gasteiger partial charge is 0.496 e. The molecule has 2 N–H and O–H groups in total. The van der Waals surface area contributed by atoms with E-state index >= 15 is 0 Å². The minimum atomic E-state index is -0.661. The second-order valence-corrected chi connectivity index (χ2v) is 5.75. The molecule has 6 heteroatoms. The molecule has 1 aliphatic rings. The van der Waals surface area contributed by atoms with Gasteiger partial charge < -0.3 is 24.8 Å². The van der Waals surface area contributed by atoms with Crippen LogP contribution in [0.5, 0.6) is 11.5 Å². The van der Waals surface area contributed by atoms with E-state index in [0.717, 1.165) is 16.9 Å². The third-order valence-electron chi connectivity index (χ3n) is 3.49. The number of nitrogens with one attached hydrogen (secondary N) is 1. The summed E-state index contributed by atoms with van der Waals surface area (Å²) in [5.41, 5.74) is 1.71. The third kappa shape index (κ3) is 3.22. The SMILES string of the molecule is COc1ccc(OC)c2c1CN(C(=S)NC(C)C)C[C@@H]2O. The summed E-state index contributed by atoms with van der Waals surface area (Å²) in [5.74, 6) is 1.42. The van der Waals surface area contributed by atoms with Crippen molar-refractivity contribution in [2.45, 2.75) is 32.5 Å². The maximum Gasteiger partial charge on any atom is 0.169 e. The maximum atomic E-state index is 10.5. The Morgan fingerprint density at radius 1 is 1.33 bits per heavy atom. The second kappa shape index (κ2) is 6.49. The average Bonchev–Trinajstić information content (AvgIpc) is 2.45. The highest BCUT2D eigenvalue weighted by Gasteiger charge is 2.30. The van der Waals surface area contributed by atoms with E-state index in [-0.39, 0.29) is 6.04 Å². The number of methoxy groups -OCH3 is 2. The van der Waals surface area contributed by atoms with Crippen molar-refractivity contribution in [3.63, 3.8) is 0 Å². The number of rotatable bonds is 3. The van der Waals surface area contributed by atoms with E-state index in [9.17, 15) is 5.11 Å². The quantitative estimate of drug-likeness (QED) is 0.831. The fourth-order valence-corrected chi connectivity index (χ4v) is 2.94. The predicted octanol–water partition coefficient (Wildman–Crippen LogP) is 1.84. The van der Waals surface area contributed by atoms with E-state index < -0.39 is 6.10 Å². The number of hydrogen-bond donors (Lipinski definition) is 2. The zero-order valence-electron chi connectivity index (χ0n) is 12.8. The molecule has 0 saturated heterocycles. The van der Waals surface area contributed by atoms with Crippen LogP contribution < -0.4 is 14.8 Å². The summed E-state index contributed by atoms with van der Waals surface area (Å²) < 4.78 is 10.8. The van der Waals surface area contributed by atoms with E-state index in [1.54, 1.807) is 14.2 Å². The molecule has 0 radical (unpaired) electrons. The van der Waals surface area contributed by atoms with Crippen LogP contribution in [0.2, 0.25) is 0 Å². The lowest BCUT2D eigenvalue weighted by molar-refractivity contribution is 0.121. The van der Waals surface area contributed by atoms with Crippen LogP contribution in [-0.2, 0) is 6.54 Å². The van der Waals surface area contributed by atoms with Gasteiger partial charge in [0.1, 0.15) is 17.6 Å². The summed E-state index contributed by atoms with van der Waals surface area (Å²) in [6.45, 7) is 5.09. The van der Waals surface area contributed by atoms with Gasteiger partial charge >= 0.3 is 0 Å². The summed E-state index contributed by atoms with van der Waals surface area (Å²) in [7, 11) is 3.23. The molecular weight excluding hydrogens is 288 g/mol. The summed E-state index contributed by atoms with van der Waals surface area (Å²) in [4.78, 5) is 1.95. The number of nitrogens with zero attached hydrogens (tertiary/aromatic N) is 1. The number of benzene rings is 1. The molecule has 0 unspecified atom stereocenters. The van der Waals surface area contributed by atoms with E-state index in [1.807, 2.05) is 30.9 Å². The maximum absolute atomic E-state index is 10.5. The Labute approximate surface area is 130 Å². The summed E-state index contributed by atoms with van der Waals surface area (Å²) >= 11 is 5.40. The van der Waals surface area contributed by atoms with Crippen molar-refractivity contribution in [3.05, 3.63) is 23.3 Å². The standard InChI is InChI=1S/C15H22N2O3S/c1-9(2)16-15(21)17-7-10-12(19-3)5-6-13(20-4)14(10)11(18)8-17/h5-6,9,11,18H,7-8H2,1-4H3,(H,16,21)/t11-/m0/s1. The van der Waals surface area contributed by atoms with Gasteiger partial charge in [-0.1, -0.05) is 0 Å². The van der Waals surface area contributed by atoms with Crippen LogP contribution in [0.15, 0.2) is 12.1 Å². The highest BCUT2D eigenvalue weighted by Crippen LogP contribution is 2.39. The van der Waals surface area contributed by atoms with Crippen molar-refractivity contribution in [1.82, 2.24) is 10.2 Å². The number of β-amino-alcohol motifs (C(OH)–C–C–N with tert-alkyl or cyclic N) is 1. The lowest BCUT2D eigenvalue weighted by Gasteiger charge is -2.36. The Balaban J connectivity index is 2.36. The Morgan fingerprint density at radius 3 is 2.52 bits per heavy atom. The summed E-state index contributed by atoms with van der Waals surface area (Å²) in [6.07, 6.45) is -0.661. The van der Waals surface area contributed by atoms with E-state index in [4.69, 9.17) is 21.7 Å². The normalized spacial score (nSPS) is 17.4. The third-order valence-corrected chi connectivity index (χ3v) is 3.86. The molecule has 1 atom stereocenters. The van der Waals surface area contributed by atoms with Gasteiger partial charge in [-0.2, -0.15) is 0 Å². The molecule has 21 heavy (non-hydrogen) atoms. The Hall–Kier alpha value is -1.53. The first-order valence-corrected chi connectivity index (χ1v) is 7.36. The van der Waals surface area contributed by atoms with Gasteiger partial charge in [-0.15, -0.1) is 0 Å². The fourth-order valence-electron chi connectivity index (χ4n) is 2.57. The molecule has 0 fully saturated rings. The number of hydrogen-bond acceptors (Lipinski definition) is 4. The van der Waals surface area contributed by atoms with Crippen molar-refractivity contribution in [3.8, 4) is 11.5 Å². The molecule has 0 bridgehead atoms. The molecule has 0 spiro atoms. The first-order valence-electron chi connectivity index (χ1n) is 6.95. The molecule has 1 aliphatic heterocycles. The number of aliphatic hydroxyl groups excluding tert-OH is 1. The molecule has 0 saturated carbocycles. The lowest BCUT2D eigenvalue weighted by atomic mass is 9.95.